The van der Waals surface area contributed by atoms with Gasteiger partial charge in [-0.1, -0.05) is 40.0 Å². The van der Waals surface area contributed by atoms with Crippen LogP contribution in [0.15, 0.2) is 0 Å². The van der Waals surface area contributed by atoms with Crippen molar-refractivity contribution in [3.63, 3.8) is 0 Å². The van der Waals surface area contributed by atoms with Crippen LogP contribution in [-0.2, 0) is 9.53 Å². The van der Waals surface area contributed by atoms with Crippen molar-refractivity contribution in [3.05, 3.63) is 0 Å². The van der Waals surface area contributed by atoms with Crippen molar-refractivity contribution in [1.82, 2.24) is 5.32 Å². The van der Waals surface area contributed by atoms with Crippen molar-refractivity contribution in [2.24, 2.45) is 5.41 Å². The minimum Gasteiger partial charge on any atom is -0.466 e. The van der Waals surface area contributed by atoms with Crippen molar-refractivity contribution in [2.75, 3.05) is 13.7 Å². The molecule has 3 heteroatoms. The third-order valence-corrected chi connectivity index (χ3v) is 3.94. The van der Waals surface area contributed by atoms with E-state index >= 15 is 0 Å². The molecule has 0 saturated heterocycles. The highest BCUT2D eigenvalue weighted by Crippen LogP contribution is 2.31. The van der Waals surface area contributed by atoms with Gasteiger partial charge in [0.15, 0.2) is 0 Å². The predicted octanol–water partition coefficient (Wildman–Crippen LogP) is 3.28. The maximum Gasteiger partial charge on any atom is 0.307 e. The molecule has 0 unspecified atom stereocenters. The molecule has 0 radical (unpaired) electrons. The van der Waals surface area contributed by atoms with E-state index in [1.165, 1.54) is 19.3 Å². The van der Waals surface area contributed by atoms with Gasteiger partial charge in [-0.3, -0.25) is 4.79 Å². The van der Waals surface area contributed by atoms with E-state index in [-0.39, 0.29) is 16.9 Å². The summed E-state index contributed by atoms with van der Waals surface area (Å²) in [4.78, 5) is 11.9. The first kappa shape index (κ1) is 15.5. The van der Waals surface area contributed by atoms with Crippen LogP contribution >= 0.6 is 0 Å². The minimum absolute atomic E-state index is 0.00291. The van der Waals surface area contributed by atoms with Crippen molar-refractivity contribution >= 4 is 5.97 Å². The van der Waals surface area contributed by atoms with E-state index < -0.39 is 0 Å². The van der Waals surface area contributed by atoms with Gasteiger partial charge in [-0.2, -0.15) is 0 Å². The summed E-state index contributed by atoms with van der Waals surface area (Å²) in [6, 6.07) is 0. The normalized spacial score (nSPS) is 19.6. The largest absolute Gasteiger partial charge is 0.466 e. The number of nitrogens with one attached hydrogen (secondary N) is 1. The third-order valence-electron chi connectivity index (χ3n) is 3.94. The minimum atomic E-state index is -0.0458. The zero-order valence-corrected chi connectivity index (χ0v) is 12.5. The predicted molar refractivity (Wildman–Crippen MR) is 74.5 cm³/mol. The smallest absolute Gasteiger partial charge is 0.307 e. The molecule has 1 fully saturated rings. The maximum atomic E-state index is 11.9. The van der Waals surface area contributed by atoms with Gasteiger partial charge in [-0.15, -0.1) is 0 Å². The first-order valence-electron chi connectivity index (χ1n) is 7.21. The molecule has 0 amide bonds. The van der Waals surface area contributed by atoms with Crippen LogP contribution in [0.4, 0.5) is 0 Å². The summed E-state index contributed by atoms with van der Waals surface area (Å²) in [5.74, 6) is -0.0458. The van der Waals surface area contributed by atoms with E-state index in [4.69, 9.17) is 4.74 Å². The number of hydrogen-bond acceptors (Lipinski definition) is 3. The molecular formula is C15H29NO2. The number of carbonyl (C=O) groups excluding carboxylic acids is 1. The Morgan fingerprint density at radius 1 is 1.22 bits per heavy atom. The Kier molecular flexibility index (Phi) is 5.64. The Morgan fingerprint density at radius 2 is 1.83 bits per heavy atom. The standard InChI is InChI=1S/C15H29NO2/c1-14(2,3)10-11-18-13(17)12-15(16-4)8-6-5-7-9-15/h16H,5-12H2,1-4H3. The first-order chi connectivity index (χ1) is 8.37. The van der Waals surface area contributed by atoms with Gasteiger partial charge >= 0.3 is 5.97 Å². The lowest BCUT2D eigenvalue weighted by atomic mass is 9.79. The fourth-order valence-corrected chi connectivity index (χ4v) is 2.54. The van der Waals surface area contributed by atoms with Crippen molar-refractivity contribution in [3.8, 4) is 0 Å². The molecule has 106 valence electrons. The SMILES string of the molecule is CNC1(CC(=O)OCCC(C)(C)C)CCCCC1. The van der Waals surface area contributed by atoms with E-state index in [1.54, 1.807) is 0 Å². The average molecular weight is 255 g/mol. The van der Waals surface area contributed by atoms with Crippen LogP contribution in [0, 0.1) is 5.41 Å². The zero-order valence-electron chi connectivity index (χ0n) is 12.5. The van der Waals surface area contributed by atoms with Gasteiger partial charge in [0.1, 0.15) is 0 Å². The second kappa shape index (κ2) is 6.55. The van der Waals surface area contributed by atoms with E-state index in [9.17, 15) is 4.79 Å². The highest BCUT2D eigenvalue weighted by atomic mass is 16.5. The average Bonchev–Trinajstić information content (AvgIpc) is 2.28. The summed E-state index contributed by atoms with van der Waals surface area (Å²) in [5.41, 5.74) is 0.225. The summed E-state index contributed by atoms with van der Waals surface area (Å²) in [5, 5.41) is 3.35. The topological polar surface area (TPSA) is 38.3 Å². The fraction of sp³-hybridized carbons (Fsp3) is 0.933. The Morgan fingerprint density at radius 3 is 2.33 bits per heavy atom. The zero-order chi connectivity index (χ0) is 13.6. The first-order valence-corrected chi connectivity index (χ1v) is 7.21. The van der Waals surface area contributed by atoms with Crippen molar-refractivity contribution in [2.45, 2.75) is 71.3 Å². The Labute approximate surface area is 112 Å². The second-order valence-corrected chi connectivity index (χ2v) is 6.80. The molecule has 0 aromatic heterocycles. The molecule has 1 N–H and O–H groups in total. The van der Waals surface area contributed by atoms with Gasteiger partial charge in [0.05, 0.1) is 13.0 Å². The fourth-order valence-electron chi connectivity index (χ4n) is 2.54. The second-order valence-electron chi connectivity index (χ2n) is 6.80. The highest BCUT2D eigenvalue weighted by molar-refractivity contribution is 5.71. The summed E-state index contributed by atoms with van der Waals surface area (Å²) >= 11 is 0. The molecule has 1 rings (SSSR count). The third kappa shape index (κ3) is 5.38. The number of esters is 1. The molecule has 0 bridgehead atoms. The molecule has 0 aromatic rings. The van der Waals surface area contributed by atoms with Crippen molar-refractivity contribution < 1.29 is 9.53 Å². The lowest BCUT2D eigenvalue weighted by Crippen LogP contribution is -2.46. The summed E-state index contributed by atoms with van der Waals surface area (Å²) in [7, 11) is 1.97. The van der Waals surface area contributed by atoms with Crippen molar-refractivity contribution in [1.29, 1.82) is 0 Å². The molecule has 0 atom stereocenters. The number of hydrogen-bond donors (Lipinski definition) is 1. The monoisotopic (exact) mass is 255 g/mol. The van der Waals surface area contributed by atoms with E-state index in [0.717, 1.165) is 19.3 Å². The van der Waals surface area contributed by atoms with Gasteiger partial charge in [0, 0.05) is 5.54 Å². The van der Waals surface area contributed by atoms with Gasteiger partial charge in [0.2, 0.25) is 0 Å². The van der Waals surface area contributed by atoms with Crippen LogP contribution in [0.5, 0.6) is 0 Å². The van der Waals surface area contributed by atoms with Gasteiger partial charge in [-0.05, 0) is 31.7 Å². The molecule has 0 spiro atoms. The van der Waals surface area contributed by atoms with E-state index in [2.05, 4.69) is 26.1 Å². The van der Waals surface area contributed by atoms with Crippen LogP contribution in [-0.4, -0.2) is 25.2 Å². The van der Waals surface area contributed by atoms with Crippen LogP contribution in [0.25, 0.3) is 0 Å². The number of ether oxygens (including phenoxy) is 1. The molecule has 18 heavy (non-hydrogen) atoms. The number of carbonyl (C=O) groups is 1. The van der Waals surface area contributed by atoms with E-state index in [0.29, 0.717) is 13.0 Å². The Hall–Kier alpha value is -0.570. The van der Waals surface area contributed by atoms with Crippen LogP contribution in [0.1, 0.15) is 65.7 Å². The summed E-state index contributed by atoms with van der Waals surface area (Å²) in [6.07, 6.45) is 7.36. The molecule has 1 aliphatic carbocycles. The van der Waals surface area contributed by atoms with Crippen LogP contribution in [0.3, 0.4) is 0 Å². The maximum absolute atomic E-state index is 11.9. The molecule has 1 aliphatic rings. The molecule has 0 aliphatic heterocycles. The van der Waals surface area contributed by atoms with Crippen LogP contribution < -0.4 is 5.32 Å². The van der Waals surface area contributed by atoms with Gasteiger partial charge in [0.25, 0.3) is 0 Å². The molecule has 0 heterocycles. The van der Waals surface area contributed by atoms with Gasteiger partial charge < -0.3 is 10.1 Å². The van der Waals surface area contributed by atoms with Crippen LogP contribution in [0.2, 0.25) is 0 Å². The molecule has 1 saturated carbocycles. The Balaban J connectivity index is 2.33. The number of rotatable bonds is 5. The summed E-state index contributed by atoms with van der Waals surface area (Å²) < 4.78 is 5.37. The lowest BCUT2D eigenvalue weighted by molar-refractivity contribution is -0.146. The van der Waals surface area contributed by atoms with E-state index in [1.807, 2.05) is 7.05 Å². The Bertz CT molecular complexity index is 262. The van der Waals surface area contributed by atoms with Gasteiger partial charge in [-0.25, -0.2) is 0 Å². The molecule has 0 aromatic carbocycles. The lowest BCUT2D eigenvalue weighted by Gasteiger charge is -2.36. The molecular weight excluding hydrogens is 226 g/mol. The summed E-state index contributed by atoms with van der Waals surface area (Å²) in [6.45, 7) is 7.04. The highest BCUT2D eigenvalue weighted by Gasteiger charge is 2.33. The molecule has 3 nitrogen and oxygen atoms in total. The quantitative estimate of drug-likeness (QED) is 0.766.